The highest BCUT2D eigenvalue weighted by Crippen LogP contribution is 2.47. The lowest BCUT2D eigenvalue weighted by atomic mass is 9.64. The summed E-state index contributed by atoms with van der Waals surface area (Å²) in [5, 5.41) is 9.53. The topological polar surface area (TPSA) is 88.9 Å². The van der Waals surface area contributed by atoms with E-state index >= 15 is 0 Å². The Labute approximate surface area is 148 Å². The first-order valence-electron chi connectivity index (χ1n) is 8.37. The molecule has 2 aliphatic heterocycles. The third kappa shape index (κ3) is 3.79. The van der Waals surface area contributed by atoms with Gasteiger partial charge in [-0.05, 0) is 33.6 Å². The van der Waals surface area contributed by atoms with Crippen LogP contribution in [0.25, 0.3) is 0 Å². The van der Waals surface area contributed by atoms with Crippen LogP contribution in [0.4, 0.5) is 4.79 Å². The van der Waals surface area contributed by atoms with E-state index in [1.54, 1.807) is 11.0 Å². The minimum atomic E-state index is -0.959. The van der Waals surface area contributed by atoms with E-state index in [1.807, 2.05) is 20.8 Å². The number of allylic oxidation sites excluding steroid dienone is 1. The molecule has 4 atom stereocenters. The van der Waals surface area contributed by atoms with E-state index in [2.05, 4.69) is 12.6 Å². The molecule has 7 heteroatoms. The summed E-state index contributed by atoms with van der Waals surface area (Å²) >= 11 is 0. The molecule has 2 rings (SSSR count). The van der Waals surface area contributed by atoms with Gasteiger partial charge >= 0.3 is 12.1 Å². The number of fused-ring (bicyclic) bond motifs is 2. The van der Waals surface area contributed by atoms with Gasteiger partial charge in [-0.2, -0.15) is 5.26 Å². The van der Waals surface area contributed by atoms with Crippen molar-refractivity contribution in [3.8, 4) is 6.07 Å². The van der Waals surface area contributed by atoms with Crippen molar-refractivity contribution in [2.24, 2.45) is 11.3 Å². The maximum Gasteiger partial charge on any atom is 0.410 e. The van der Waals surface area contributed by atoms with Crippen LogP contribution in [0.5, 0.6) is 0 Å². The quantitative estimate of drug-likeness (QED) is 0.573. The van der Waals surface area contributed by atoms with Crippen molar-refractivity contribution < 1.29 is 23.8 Å². The second-order valence-electron chi connectivity index (χ2n) is 7.66. The summed E-state index contributed by atoms with van der Waals surface area (Å²) in [7, 11) is 1.27. The second-order valence-corrected chi connectivity index (χ2v) is 7.66. The lowest BCUT2D eigenvalue weighted by molar-refractivity contribution is -0.152. The SMILES string of the molecule is C=CC1(C(C#N)C(=O)OC)C[C@H]2COC[C@@H](C1)N2C(=O)OC(C)(C)C. The van der Waals surface area contributed by atoms with E-state index in [1.165, 1.54) is 7.11 Å². The summed E-state index contributed by atoms with van der Waals surface area (Å²) in [6.45, 7) is 9.99. The second kappa shape index (κ2) is 7.04. The Hall–Kier alpha value is -2.07. The zero-order valence-corrected chi connectivity index (χ0v) is 15.3. The van der Waals surface area contributed by atoms with E-state index in [4.69, 9.17) is 14.2 Å². The average Bonchev–Trinajstić information content (AvgIpc) is 2.52. The Bertz CT molecular complexity index is 575. The number of nitriles is 1. The van der Waals surface area contributed by atoms with Crippen molar-refractivity contribution in [1.82, 2.24) is 4.90 Å². The first-order valence-corrected chi connectivity index (χ1v) is 8.37. The minimum absolute atomic E-state index is 0.277. The van der Waals surface area contributed by atoms with E-state index in [-0.39, 0.29) is 12.1 Å². The number of piperidine rings is 1. The molecule has 2 unspecified atom stereocenters. The van der Waals surface area contributed by atoms with Crippen LogP contribution in [0.1, 0.15) is 33.6 Å². The highest BCUT2D eigenvalue weighted by Gasteiger charge is 2.53. The van der Waals surface area contributed by atoms with Crippen LogP contribution in [0.3, 0.4) is 0 Å². The monoisotopic (exact) mass is 350 g/mol. The molecule has 0 radical (unpaired) electrons. The Balaban J connectivity index is 2.30. The molecule has 7 nitrogen and oxygen atoms in total. The highest BCUT2D eigenvalue weighted by atomic mass is 16.6. The number of amides is 1. The molecule has 0 aliphatic carbocycles. The standard InChI is InChI=1S/C18H26N2O5/c1-6-18(14(9-19)15(21)23-5)7-12-10-24-11-13(8-18)20(12)16(22)25-17(2,3)4/h6,12-14H,1,7-8,10-11H2,2-5H3/t12-,13+,14?,18?. The van der Waals surface area contributed by atoms with Crippen molar-refractivity contribution >= 4 is 12.1 Å². The lowest BCUT2D eigenvalue weighted by Crippen LogP contribution is -2.63. The Morgan fingerprint density at radius 3 is 2.32 bits per heavy atom. The number of carbonyl (C=O) groups is 2. The molecule has 2 bridgehead atoms. The number of hydrogen-bond donors (Lipinski definition) is 0. The van der Waals surface area contributed by atoms with Gasteiger partial charge in [0.25, 0.3) is 0 Å². The predicted octanol–water partition coefficient (Wildman–Crippen LogP) is 2.27. The average molecular weight is 350 g/mol. The maximum atomic E-state index is 12.6. The molecule has 0 aromatic heterocycles. The van der Waals surface area contributed by atoms with Crippen molar-refractivity contribution in [3.05, 3.63) is 12.7 Å². The van der Waals surface area contributed by atoms with E-state index in [9.17, 15) is 14.9 Å². The number of morpholine rings is 1. The molecule has 0 saturated carbocycles. The molecule has 2 fully saturated rings. The molecule has 1 amide bonds. The molecule has 0 N–H and O–H groups in total. The molecule has 0 aromatic carbocycles. The van der Waals surface area contributed by atoms with Gasteiger partial charge in [-0.15, -0.1) is 6.58 Å². The van der Waals surface area contributed by atoms with Crippen LogP contribution >= 0.6 is 0 Å². The van der Waals surface area contributed by atoms with Crippen LogP contribution in [-0.4, -0.2) is 55.0 Å². The fraction of sp³-hybridized carbons (Fsp3) is 0.722. The van der Waals surface area contributed by atoms with Crippen molar-refractivity contribution in [1.29, 1.82) is 5.26 Å². The number of hydrogen-bond acceptors (Lipinski definition) is 6. The molecule has 2 aliphatic rings. The van der Waals surface area contributed by atoms with Gasteiger partial charge in [0.2, 0.25) is 0 Å². The first kappa shape index (κ1) is 19.3. The largest absolute Gasteiger partial charge is 0.468 e. The fourth-order valence-electron chi connectivity index (χ4n) is 3.74. The van der Waals surface area contributed by atoms with Crippen molar-refractivity contribution in [3.63, 3.8) is 0 Å². The van der Waals surface area contributed by atoms with E-state index in [0.29, 0.717) is 26.1 Å². The smallest absolute Gasteiger partial charge is 0.410 e. The fourth-order valence-corrected chi connectivity index (χ4v) is 3.74. The number of rotatable bonds is 3. The molecule has 2 heterocycles. The van der Waals surface area contributed by atoms with Gasteiger partial charge in [0.15, 0.2) is 5.92 Å². The minimum Gasteiger partial charge on any atom is -0.468 e. The predicted molar refractivity (Wildman–Crippen MR) is 89.5 cm³/mol. The maximum absolute atomic E-state index is 12.6. The molecule has 138 valence electrons. The first-order chi connectivity index (χ1) is 11.7. The summed E-state index contributed by atoms with van der Waals surface area (Å²) in [6, 6.07) is 1.51. The number of esters is 1. The Morgan fingerprint density at radius 1 is 1.36 bits per heavy atom. The van der Waals surface area contributed by atoms with Gasteiger partial charge in [-0.1, -0.05) is 6.08 Å². The molecule has 25 heavy (non-hydrogen) atoms. The van der Waals surface area contributed by atoms with Crippen molar-refractivity contribution in [2.45, 2.75) is 51.3 Å². The summed E-state index contributed by atoms with van der Waals surface area (Å²) in [6.07, 6.45) is 2.07. The summed E-state index contributed by atoms with van der Waals surface area (Å²) in [5.41, 5.74) is -1.35. The zero-order valence-electron chi connectivity index (χ0n) is 15.3. The van der Waals surface area contributed by atoms with Gasteiger partial charge < -0.3 is 14.2 Å². The van der Waals surface area contributed by atoms with Crippen LogP contribution in [-0.2, 0) is 19.0 Å². The number of nitrogens with zero attached hydrogens (tertiary/aromatic N) is 2. The van der Waals surface area contributed by atoms with Gasteiger partial charge in [-0.25, -0.2) is 4.79 Å². The van der Waals surface area contributed by atoms with E-state index < -0.39 is 29.0 Å². The van der Waals surface area contributed by atoms with Crippen LogP contribution in [0.15, 0.2) is 12.7 Å². The highest BCUT2D eigenvalue weighted by molar-refractivity contribution is 5.77. The van der Waals surface area contributed by atoms with Gasteiger partial charge in [0, 0.05) is 5.41 Å². The third-order valence-corrected chi connectivity index (χ3v) is 4.79. The summed E-state index contributed by atoms with van der Waals surface area (Å²) < 4.78 is 15.9. The molecule has 2 saturated heterocycles. The summed E-state index contributed by atoms with van der Waals surface area (Å²) in [4.78, 5) is 26.4. The number of ether oxygens (including phenoxy) is 3. The van der Waals surface area contributed by atoms with Crippen LogP contribution in [0.2, 0.25) is 0 Å². The summed E-state index contributed by atoms with van der Waals surface area (Å²) in [5.74, 6) is -1.54. The lowest BCUT2D eigenvalue weighted by Gasteiger charge is -2.53. The Morgan fingerprint density at radius 2 is 1.92 bits per heavy atom. The molecular formula is C18H26N2O5. The molecule has 0 spiro atoms. The zero-order chi connectivity index (χ0) is 18.8. The molecule has 0 aromatic rings. The van der Waals surface area contributed by atoms with E-state index in [0.717, 1.165) is 0 Å². The van der Waals surface area contributed by atoms with Gasteiger partial charge in [-0.3, -0.25) is 9.69 Å². The van der Waals surface area contributed by atoms with Gasteiger partial charge in [0.05, 0.1) is 38.5 Å². The number of methoxy groups -OCH3 is 1. The normalized spacial score (nSPS) is 30.0. The Kier molecular flexibility index (Phi) is 5.43. The number of carbonyl (C=O) groups excluding carboxylic acids is 2. The van der Waals surface area contributed by atoms with Crippen molar-refractivity contribution in [2.75, 3.05) is 20.3 Å². The van der Waals surface area contributed by atoms with Gasteiger partial charge in [0.1, 0.15) is 5.60 Å². The van der Waals surface area contributed by atoms with Crippen LogP contribution in [0, 0.1) is 22.7 Å². The third-order valence-electron chi connectivity index (χ3n) is 4.79. The molecular weight excluding hydrogens is 324 g/mol. The van der Waals surface area contributed by atoms with Crippen LogP contribution < -0.4 is 0 Å².